The number of rotatable bonds is 6. The van der Waals surface area contributed by atoms with Gasteiger partial charge in [-0.25, -0.2) is 0 Å². The summed E-state index contributed by atoms with van der Waals surface area (Å²) >= 11 is 0. The summed E-state index contributed by atoms with van der Waals surface area (Å²) in [4.78, 5) is 2.41. The highest BCUT2D eigenvalue weighted by Crippen LogP contribution is 2.28. The van der Waals surface area contributed by atoms with Gasteiger partial charge in [0.1, 0.15) is 6.61 Å². The third-order valence-electron chi connectivity index (χ3n) is 3.27. The van der Waals surface area contributed by atoms with Crippen LogP contribution >= 0.6 is 0 Å². The average molecular weight is 251 g/mol. The lowest BCUT2D eigenvalue weighted by molar-refractivity contribution is 0.230. The lowest BCUT2D eigenvalue weighted by Gasteiger charge is -2.16. The summed E-state index contributed by atoms with van der Waals surface area (Å²) in [6.45, 7) is 4.03. The maximum absolute atomic E-state index is 9.07. The molecule has 1 aliphatic rings. The van der Waals surface area contributed by atoms with Crippen molar-refractivity contribution in [1.82, 2.24) is 4.90 Å². The van der Waals surface area contributed by atoms with E-state index in [2.05, 4.69) is 4.90 Å². The first-order chi connectivity index (χ1) is 8.83. The minimum absolute atomic E-state index is 0.0183. The van der Waals surface area contributed by atoms with Crippen molar-refractivity contribution < 1.29 is 14.6 Å². The molecule has 18 heavy (non-hydrogen) atoms. The quantitative estimate of drug-likeness (QED) is 0.835. The van der Waals surface area contributed by atoms with E-state index in [-0.39, 0.29) is 6.61 Å². The first kappa shape index (κ1) is 13.2. The minimum atomic E-state index is 0.0183. The summed E-state index contributed by atoms with van der Waals surface area (Å²) in [7, 11) is 1.61. The second-order valence-electron chi connectivity index (χ2n) is 4.54. The molecule has 0 spiro atoms. The van der Waals surface area contributed by atoms with Crippen molar-refractivity contribution in [2.75, 3.05) is 33.4 Å². The molecule has 1 aliphatic heterocycles. The number of aliphatic hydroxyl groups excluding tert-OH is 1. The normalized spacial score (nSPS) is 15.9. The molecule has 4 nitrogen and oxygen atoms in total. The van der Waals surface area contributed by atoms with Gasteiger partial charge in [-0.2, -0.15) is 0 Å². The summed E-state index contributed by atoms with van der Waals surface area (Å²) < 4.78 is 11.0. The molecule has 0 unspecified atom stereocenters. The molecule has 1 heterocycles. The standard InChI is InChI=1S/C14H21NO3/c1-17-14-10-12(11-16)4-5-13(14)18-9-8-15-6-2-3-7-15/h4-5,10,16H,2-3,6-9,11H2,1H3. The predicted molar refractivity (Wildman–Crippen MR) is 70.1 cm³/mol. The van der Waals surface area contributed by atoms with Crippen molar-refractivity contribution >= 4 is 0 Å². The molecule has 0 bridgehead atoms. The van der Waals surface area contributed by atoms with Crippen molar-refractivity contribution in [2.24, 2.45) is 0 Å². The Kier molecular flexibility index (Phi) is 4.84. The van der Waals surface area contributed by atoms with E-state index in [0.29, 0.717) is 12.4 Å². The van der Waals surface area contributed by atoms with Gasteiger partial charge in [0.05, 0.1) is 13.7 Å². The van der Waals surface area contributed by atoms with E-state index in [0.717, 1.165) is 17.9 Å². The van der Waals surface area contributed by atoms with E-state index >= 15 is 0 Å². The maximum Gasteiger partial charge on any atom is 0.161 e. The first-order valence-electron chi connectivity index (χ1n) is 6.46. The van der Waals surface area contributed by atoms with Gasteiger partial charge >= 0.3 is 0 Å². The monoisotopic (exact) mass is 251 g/mol. The molecule has 1 aromatic carbocycles. The van der Waals surface area contributed by atoms with Gasteiger partial charge in [0.2, 0.25) is 0 Å². The number of hydrogen-bond donors (Lipinski definition) is 1. The zero-order valence-corrected chi connectivity index (χ0v) is 10.9. The lowest BCUT2D eigenvalue weighted by Crippen LogP contribution is -2.25. The molecule has 0 saturated carbocycles. The van der Waals surface area contributed by atoms with E-state index in [1.54, 1.807) is 7.11 Å². The Morgan fingerprint density at radius 3 is 2.67 bits per heavy atom. The molecular weight excluding hydrogens is 230 g/mol. The van der Waals surface area contributed by atoms with Crippen molar-refractivity contribution in [1.29, 1.82) is 0 Å². The molecule has 2 rings (SSSR count). The predicted octanol–water partition coefficient (Wildman–Crippen LogP) is 1.66. The van der Waals surface area contributed by atoms with Crippen LogP contribution in [-0.4, -0.2) is 43.4 Å². The molecule has 1 fully saturated rings. The van der Waals surface area contributed by atoms with Crippen LogP contribution in [0.2, 0.25) is 0 Å². The van der Waals surface area contributed by atoms with Gasteiger partial charge in [0.25, 0.3) is 0 Å². The number of aliphatic hydroxyl groups is 1. The largest absolute Gasteiger partial charge is 0.493 e. The fourth-order valence-corrected chi connectivity index (χ4v) is 2.22. The molecule has 0 amide bonds. The number of benzene rings is 1. The zero-order chi connectivity index (χ0) is 12.8. The molecule has 1 saturated heterocycles. The van der Waals surface area contributed by atoms with Gasteiger partial charge in [-0.1, -0.05) is 6.07 Å². The van der Waals surface area contributed by atoms with Crippen LogP contribution in [0.15, 0.2) is 18.2 Å². The number of methoxy groups -OCH3 is 1. The van der Waals surface area contributed by atoms with E-state index in [1.807, 2.05) is 18.2 Å². The van der Waals surface area contributed by atoms with Crippen LogP contribution in [-0.2, 0) is 6.61 Å². The highest BCUT2D eigenvalue weighted by molar-refractivity contribution is 5.42. The van der Waals surface area contributed by atoms with E-state index < -0.39 is 0 Å². The summed E-state index contributed by atoms with van der Waals surface area (Å²) in [5.74, 6) is 1.43. The molecule has 100 valence electrons. The van der Waals surface area contributed by atoms with Crippen molar-refractivity contribution in [3.05, 3.63) is 23.8 Å². The molecule has 0 aromatic heterocycles. The summed E-state index contributed by atoms with van der Waals surface area (Å²) in [5, 5.41) is 9.07. The maximum atomic E-state index is 9.07. The summed E-state index contributed by atoms with van der Waals surface area (Å²) in [5.41, 5.74) is 0.832. The molecule has 4 heteroatoms. The minimum Gasteiger partial charge on any atom is -0.493 e. The van der Waals surface area contributed by atoms with Gasteiger partial charge in [0.15, 0.2) is 11.5 Å². The molecule has 1 N–H and O–H groups in total. The molecule has 0 atom stereocenters. The Morgan fingerprint density at radius 2 is 2.00 bits per heavy atom. The SMILES string of the molecule is COc1cc(CO)ccc1OCCN1CCCC1. The van der Waals surface area contributed by atoms with Crippen LogP contribution in [0.25, 0.3) is 0 Å². The fourth-order valence-electron chi connectivity index (χ4n) is 2.22. The molecule has 0 radical (unpaired) electrons. The first-order valence-corrected chi connectivity index (χ1v) is 6.46. The van der Waals surface area contributed by atoms with E-state index in [1.165, 1.54) is 25.9 Å². The highest BCUT2D eigenvalue weighted by atomic mass is 16.5. The van der Waals surface area contributed by atoms with Gasteiger partial charge in [0, 0.05) is 6.54 Å². The molecule has 1 aromatic rings. The Morgan fingerprint density at radius 1 is 1.22 bits per heavy atom. The van der Waals surface area contributed by atoms with Crippen molar-refractivity contribution in [3.8, 4) is 11.5 Å². The Hall–Kier alpha value is -1.26. The average Bonchev–Trinajstić information content (AvgIpc) is 2.92. The topological polar surface area (TPSA) is 41.9 Å². The van der Waals surface area contributed by atoms with E-state index in [9.17, 15) is 0 Å². The van der Waals surface area contributed by atoms with Crippen LogP contribution in [0.1, 0.15) is 18.4 Å². The smallest absolute Gasteiger partial charge is 0.161 e. The number of likely N-dealkylation sites (tertiary alicyclic amines) is 1. The van der Waals surface area contributed by atoms with Crippen LogP contribution in [0.5, 0.6) is 11.5 Å². The summed E-state index contributed by atoms with van der Waals surface area (Å²) in [6, 6.07) is 5.52. The Balaban J connectivity index is 1.87. The van der Waals surface area contributed by atoms with Crippen LogP contribution in [0.4, 0.5) is 0 Å². The summed E-state index contributed by atoms with van der Waals surface area (Å²) in [6.07, 6.45) is 2.60. The van der Waals surface area contributed by atoms with Crippen LogP contribution in [0, 0.1) is 0 Å². The second-order valence-corrected chi connectivity index (χ2v) is 4.54. The van der Waals surface area contributed by atoms with Gasteiger partial charge < -0.3 is 14.6 Å². The second kappa shape index (κ2) is 6.61. The van der Waals surface area contributed by atoms with Crippen LogP contribution < -0.4 is 9.47 Å². The lowest BCUT2D eigenvalue weighted by atomic mass is 10.2. The highest BCUT2D eigenvalue weighted by Gasteiger charge is 2.11. The number of hydrogen-bond acceptors (Lipinski definition) is 4. The van der Waals surface area contributed by atoms with Crippen molar-refractivity contribution in [2.45, 2.75) is 19.4 Å². The van der Waals surface area contributed by atoms with E-state index in [4.69, 9.17) is 14.6 Å². The van der Waals surface area contributed by atoms with Crippen molar-refractivity contribution in [3.63, 3.8) is 0 Å². The van der Waals surface area contributed by atoms with Crippen LogP contribution in [0.3, 0.4) is 0 Å². The third-order valence-corrected chi connectivity index (χ3v) is 3.27. The van der Waals surface area contributed by atoms with Gasteiger partial charge in [-0.3, -0.25) is 4.90 Å². The third kappa shape index (κ3) is 3.37. The zero-order valence-electron chi connectivity index (χ0n) is 10.9. The molecule has 0 aliphatic carbocycles. The van der Waals surface area contributed by atoms with Gasteiger partial charge in [-0.05, 0) is 43.6 Å². The Bertz CT molecular complexity index is 375. The number of ether oxygens (including phenoxy) is 2. The Labute approximate surface area is 108 Å². The number of nitrogens with zero attached hydrogens (tertiary/aromatic N) is 1. The van der Waals surface area contributed by atoms with Gasteiger partial charge in [-0.15, -0.1) is 0 Å². The fraction of sp³-hybridized carbons (Fsp3) is 0.571. The molecular formula is C14H21NO3.